The van der Waals surface area contributed by atoms with E-state index in [0.29, 0.717) is 12.0 Å². The molecule has 1 aliphatic rings. The number of nitrogens with zero attached hydrogens (tertiary/aromatic N) is 3. The van der Waals surface area contributed by atoms with Gasteiger partial charge in [-0.25, -0.2) is 4.98 Å². The number of benzene rings is 3. The number of hydrogen-bond acceptors (Lipinski definition) is 4. The molecule has 3 aromatic carbocycles. The lowest BCUT2D eigenvalue weighted by molar-refractivity contribution is -0.128. The summed E-state index contributed by atoms with van der Waals surface area (Å²) in [6.07, 6.45) is 5.93. The second-order valence-corrected chi connectivity index (χ2v) is 10.7. The van der Waals surface area contributed by atoms with Gasteiger partial charge in [-0.3, -0.25) is 4.79 Å². The minimum Gasteiger partial charge on any atom is -0.347 e. The largest absolute Gasteiger partial charge is 0.347 e. The second-order valence-electron chi connectivity index (χ2n) is 10.7. The van der Waals surface area contributed by atoms with E-state index in [0.717, 1.165) is 43.9 Å². The summed E-state index contributed by atoms with van der Waals surface area (Å²) < 4.78 is 0. The van der Waals surface area contributed by atoms with Gasteiger partial charge in [0.2, 0.25) is 5.91 Å². The highest BCUT2D eigenvalue weighted by atomic mass is 16.2. The van der Waals surface area contributed by atoms with Crippen LogP contribution in [0.2, 0.25) is 0 Å². The Hall–Kier alpha value is -4.21. The Morgan fingerprint density at radius 3 is 2.33 bits per heavy atom. The number of likely N-dealkylation sites (tertiary alicyclic amines) is 1. The van der Waals surface area contributed by atoms with E-state index < -0.39 is 5.54 Å². The molecule has 2 unspecified atom stereocenters. The fraction of sp³-hybridized carbons (Fsp3) is 0.303. The zero-order chi connectivity index (χ0) is 27.1. The van der Waals surface area contributed by atoms with Crippen molar-refractivity contribution in [3.05, 3.63) is 125 Å². The Labute approximate surface area is 230 Å². The summed E-state index contributed by atoms with van der Waals surface area (Å²) in [7, 11) is 0. The maximum absolute atomic E-state index is 13.7. The molecule has 0 spiro atoms. The first-order valence-corrected chi connectivity index (χ1v) is 13.7. The van der Waals surface area contributed by atoms with Gasteiger partial charge < -0.3 is 15.2 Å². The maximum Gasteiger partial charge on any atom is 0.225 e. The first-order chi connectivity index (χ1) is 19.0. The van der Waals surface area contributed by atoms with Gasteiger partial charge in [-0.1, -0.05) is 72.8 Å². The van der Waals surface area contributed by atoms with E-state index in [4.69, 9.17) is 5.26 Å². The van der Waals surface area contributed by atoms with Gasteiger partial charge in [0.15, 0.2) is 0 Å². The van der Waals surface area contributed by atoms with Gasteiger partial charge in [0, 0.05) is 37.8 Å². The minimum atomic E-state index is -0.701. The van der Waals surface area contributed by atoms with Crippen molar-refractivity contribution in [3.63, 3.8) is 0 Å². The zero-order valence-electron chi connectivity index (χ0n) is 22.4. The van der Waals surface area contributed by atoms with Gasteiger partial charge in [0.05, 0.1) is 23.1 Å². The van der Waals surface area contributed by atoms with E-state index in [9.17, 15) is 4.79 Å². The molecule has 0 bridgehead atoms. The molecule has 0 aliphatic carbocycles. The standard InChI is InChI=1S/C33H35N5O/c1-33(32-35-18-19-36-32,21-25-14-16-26(22-34)17-15-25)37-31(39)29-13-8-20-38(23-29)24-30(27-9-4-2-5-10-27)28-11-6-3-7-12-28/h2-7,9-12,14-19,29-30H,8,13,20-21,23-24H2,1H3,(H,35,36)(H,37,39). The monoisotopic (exact) mass is 517 g/mol. The summed E-state index contributed by atoms with van der Waals surface area (Å²) in [6.45, 7) is 4.61. The van der Waals surface area contributed by atoms with Crippen molar-refractivity contribution in [2.45, 2.75) is 37.6 Å². The molecule has 5 rings (SSSR count). The fourth-order valence-electron chi connectivity index (χ4n) is 5.70. The molecular weight excluding hydrogens is 482 g/mol. The second kappa shape index (κ2) is 12.1. The summed E-state index contributed by atoms with van der Waals surface area (Å²) >= 11 is 0. The lowest BCUT2D eigenvalue weighted by atomic mass is 9.88. The van der Waals surface area contributed by atoms with Crippen molar-refractivity contribution in [1.29, 1.82) is 5.26 Å². The van der Waals surface area contributed by atoms with Gasteiger partial charge in [0.25, 0.3) is 0 Å². The quantitative estimate of drug-likeness (QED) is 0.311. The SMILES string of the molecule is CC(Cc1ccc(C#N)cc1)(NC(=O)C1CCCN(CC(c2ccccc2)c2ccccc2)C1)c1ncc[nH]1. The van der Waals surface area contributed by atoms with Gasteiger partial charge in [-0.2, -0.15) is 5.26 Å². The van der Waals surface area contributed by atoms with E-state index in [1.807, 2.05) is 31.2 Å². The molecule has 1 fully saturated rings. The molecule has 39 heavy (non-hydrogen) atoms. The number of hydrogen-bond donors (Lipinski definition) is 2. The third-order valence-electron chi connectivity index (χ3n) is 7.78. The average molecular weight is 518 g/mol. The number of aromatic amines is 1. The maximum atomic E-state index is 13.7. The van der Waals surface area contributed by atoms with Gasteiger partial charge in [-0.05, 0) is 55.1 Å². The highest BCUT2D eigenvalue weighted by Gasteiger charge is 2.35. The molecule has 1 aromatic heterocycles. The number of amides is 1. The summed E-state index contributed by atoms with van der Waals surface area (Å²) in [6, 6.07) is 31.0. The number of carbonyl (C=O) groups is 1. The number of aromatic nitrogens is 2. The Morgan fingerprint density at radius 2 is 1.74 bits per heavy atom. The van der Waals surface area contributed by atoms with Crippen molar-refractivity contribution in [2.24, 2.45) is 5.92 Å². The number of H-pyrrole nitrogens is 1. The summed E-state index contributed by atoms with van der Waals surface area (Å²) in [5.41, 5.74) is 3.54. The van der Waals surface area contributed by atoms with Crippen LogP contribution in [0, 0.1) is 17.2 Å². The van der Waals surface area contributed by atoms with E-state index in [-0.39, 0.29) is 17.7 Å². The van der Waals surface area contributed by atoms with E-state index in [1.54, 1.807) is 12.4 Å². The Bertz CT molecular complexity index is 1340. The highest BCUT2D eigenvalue weighted by Crippen LogP contribution is 2.29. The lowest BCUT2D eigenvalue weighted by Crippen LogP contribution is -2.51. The van der Waals surface area contributed by atoms with Crippen molar-refractivity contribution >= 4 is 5.91 Å². The van der Waals surface area contributed by atoms with Crippen LogP contribution in [0.3, 0.4) is 0 Å². The van der Waals surface area contributed by atoms with Crippen molar-refractivity contribution < 1.29 is 4.79 Å². The van der Waals surface area contributed by atoms with Crippen LogP contribution in [0.5, 0.6) is 0 Å². The fourth-order valence-corrected chi connectivity index (χ4v) is 5.70. The van der Waals surface area contributed by atoms with Crippen LogP contribution in [0.1, 0.15) is 53.8 Å². The third-order valence-corrected chi connectivity index (χ3v) is 7.78. The van der Waals surface area contributed by atoms with Crippen LogP contribution >= 0.6 is 0 Å². The predicted octanol–water partition coefficient (Wildman–Crippen LogP) is 5.40. The molecule has 0 radical (unpaired) electrons. The average Bonchev–Trinajstić information content (AvgIpc) is 3.54. The van der Waals surface area contributed by atoms with Gasteiger partial charge >= 0.3 is 0 Å². The van der Waals surface area contributed by atoms with E-state index >= 15 is 0 Å². The predicted molar refractivity (Wildman–Crippen MR) is 153 cm³/mol. The summed E-state index contributed by atoms with van der Waals surface area (Å²) in [5, 5.41) is 12.5. The smallest absolute Gasteiger partial charge is 0.225 e. The molecule has 1 saturated heterocycles. The van der Waals surface area contributed by atoms with Crippen molar-refractivity contribution in [1.82, 2.24) is 20.2 Å². The zero-order valence-corrected chi connectivity index (χ0v) is 22.4. The third kappa shape index (κ3) is 6.45. The lowest BCUT2D eigenvalue weighted by Gasteiger charge is -2.37. The summed E-state index contributed by atoms with van der Waals surface area (Å²) in [4.78, 5) is 23.9. The molecule has 0 saturated carbocycles. The first kappa shape index (κ1) is 26.4. The number of nitrogens with one attached hydrogen (secondary N) is 2. The van der Waals surface area contributed by atoms with Crippen LogP contribution in [0.15, 0.2) is 97.3 Å². The Morgan fingerprint density at radius 1 is 1.08 bits per heavy atom. The van der Waals surface area contributed by atoms with Gasteiger partial charge in [-0.15, -0.1) is 0 Å². The van der Waals surface area contributed by atoms with Crippen molar-refractivity contribution in [2.75, 3.05) is 19.6 Å². The van der Waals surface area contributed by atoms with Crippen LogP contribution in [-0.2, 0) is 16.8 Å². The molecule has 6 heteroatoms. The molecule has 2 atom stereocenters. The minimum absolute atomic E-state index is 0.0585. The molecular formula is C33H35N5O. The topological polar surface area (TPSA) is 84.8 Å². The molecule has 6 nitrogen and oxygen atoms in total. The Kier molecular flexibility index (Phi) is 8.19. The number of imidazole rings is 1. The molecule has 4 aromatic rings. The van der Waals surface area contributed by atoms with Gasteiger partial charge in [0.1, 0.15) is 5.82 Å². The van der Waals surface area contributed by atoms with Crippen LogP contribution < -0.4 is 5.32 Å². The molecule has 1 amide bonds. The molecule has 198 valence electrons. The summed E-state index contributed by atoms with van der Waals surface area (Å²) in [5.74, 6) is 0.935. The highest BCUT2D eigenvalue weighted by molar-refractivity contribution is 5.80. The Balaban J connectivity index is 1.31. The van der Waals surface area contributed by atoms with E-state index in [2.05, 4.69) is 86.9 Å². The first-order valence-electron chi connectivity index (χ1n) is 13.7. The number of rotatable bonds is 9. The molecule has 1 aliphatic heterocycles. The van der Waals surface area contributed by atoms with E-state index in [1.165, 1.54) is 11.1 Å². The molecule has 2 heterocycles. The number of piperidine rings is 1. The number of carbonyl (C=O) groups excluding carboxylic acids is 1. The normalized spacial score (nSPS) is 17.3. The van der Waals surface area contributed by atoms with Crippen LogP contribution in [0.4, 0.5) is 0 Å². The van der Waals surface area contributed by atoms with Crippen molar-refractivity contribution in [3.8, 4) is 6.07 Å². The number of nitriles is 1. The van der Waals surface area contributed by atoms with Crippen LogP contribution in [-0.4, -0.2) is 40.4 Å². The van der Waals surface area contributed by atoms with Crippen LogP contribution in [0.25, 0.3) is 0 Å². The molecule has 2 N–H and O–H groups in total.